The summed E-state index contributed by atoms with van der Waals surface area (Å²) in [6, 6.07) is 24.6. The summed E-state index contributed by atoms with van der Waals surface area (Å²) in [6.07, 6.45) is 3.03. The van der Waals surface area contributed by atoms with Gasteiger partial charge in [0.15, 0.2) is 5.13 Å². The molecule has 1 aliphatic heterocycles. The molecular weight excluding hydrogens is 526 g/mol. The van der Waals surface area contributed by atoms with Gasteiger partial charge in [-0.1, -0.05) is 53.8 Å². The van der Waals surface area contributed by atoms with Crippen molar-refractivity contribution in [3.63, 3.8) is 0 Å². The van der Waals surface area contributed by atoms with Crippen molar-refractivity contribution in [3.8, 4) is 11.5 Å². The maximum absolute atomic E-state index is 13.6. The zero-order chi connectivity index (χ0) is 27.6. The maximum Gasteiger partial charge on any atom is 0.301 e. The zero-order valence-corrected chi connectivity index (χ0v) is 22.2. The van der Waals surface area contributed by atoms with E-state index in [-0.39, 0.29) is 11.3 Å². The summed E-state index contributed by atoms with van der Waals surface area (Å²) in [7, 11) is 1.58. The first kappa shape index (κ1) is 25.3. The Kier molecular flexibility index (Phi) is 6.71. The molecule has 1 fully saturated rings. The summed E-state index contributed by atoms with van der Waals surface area (Å²) in [5.74, 6) is -0.646. The van der Waals surface area contributed by atoms with Crippen molar-refractivity contribution in [1.82, 2.24) is 9.97 Å². The standard InChI is InChI=1S/C31H23N3O5S/c1-38-22-10-11-24-25(17-22)40-31(33-24)34-27(26(29(36)30(34)37)28(35)20-12-14-32-15-13-20)21-8-5-9-23(16-21)39-18-19-6-3-2-4-7-19/h2-17,27,35H,18H2,1H3/b28-26+. The van der Waals surface area contributed by atoms with Gasteiger partial charge in [0.05, 0.1) is 28.9 Å². The van der Waals surface area contributed by atoms with Crippen LogP contribution in [0.15, 0.2) is 103 Å². The van der Waals surface area contributed by atoms with Crippen LogP contribution in [0.2, 0.25) is 0 Å². The molecule has 3 heterocycles. The normalized spacial score (nSPS) is 16.4. The minimum Gasteiger partial charge on any atom is -0.507 e. The van der Waals surface area contributed by atoms with Crippen LogP contribution in [0, 0.1) is 0 Å². The van der Waals surface area contributed by atoms with Crippen LogP contribution in [0.5, 0.6) is 11.5 Å². The highest BCUT2D eigenvalue weighted by atomic mass is 32.1. The van der Waals surface area contributed by atoms with Crippen LogP contribution >= 0.6 is 11.3 Å². The first-order valence-electron chi connectivity index (χ1n) is 12.5. The number of Topliss-reactive ketones (excluding diaryl/α,β-unsaturated/α-hetero) is 1. The molecule has 1 aliphatic rings. The van der Waals surface area contributed by atoms with Crippen LogP contribution in [0.25, 0.3) is 16.0 Å². The van der Waals surface area contributed by atoms with Crippen molar-refractivity contribution in [1.29, 1.82) is 0 Å². The van der Waals surface area contributed by atoms with Gasteiger partial charge in [0.1, 0.15) is 23.9 Å². The van der Waals surface area contributed by atoms with Crippen LogP contribution in [0.1, 0.15) is 22.7 Å². The number of amides is 1. The Hall–Kier alpha value is -5.02. The average molecular weight is 550 g/mol. The quantitative estimate of drug-likeness (QED) is 0.153. The molecular formula is C31H23N3O5S. The van der Waals surface area contributed by atoms with Gasteiger partial charge in [0, 0.05) is 18.0 Å². The van der Waals surface area contributed by atoms with Crippen LogP contribution < -0.4 is 14.4 Å². The minimum absolute atomic E-state index is 0.0340. The van der Waals surface area contributed by atoms with Gasteiger partial charge < -0.3 is 14.6 Å². The number of aromatic nitrogens is 2. The molecule has 0 bridgehead atoms. The molecule has 40 heavy (non-hydrogen) atoms. The zero-order valence-electron chi connectivity index (χ0n) is 21.4. The number of carbonyl (C=O) groups is 2. The summed E-state index contributed by atoms with van der Waals surface area (Å²) >= 11 is 1.27. The largest absolute Gasteiger partial charge is 0.507 e. The average Bonchev–Trinajstić information content (AvgIpc) is 3.54. The summed E-state index contributed by atoms with van der Waals surface area (Å²) in [4.78, 5) is 37.1. The molecule has 0 saturated carbocycles. The molecule has 8 nitrogen and oxygen atoms in total. The van der Waals surface area contributed by atoms with Gasteiger partial charge >= 0.3 is 5.91 Å². The van der Waals surface area contributed by atoms with E-state index in [1.54, 1.807) is 49.6 Å². The Morgan fingerprint density at radius 3 is 2.52 bits per heavy atom. The Morgan fingerprint density at radius 2 is 1.75 bits per heavy atom. The molecule has 1 N–H and O–H groups in total. The number of aliphatic hydroxyl groups is 1. The lowest BCUT2D eigenvalue weighted by Gasteiger charge is -2.23. The topological polar surface area (TPSA) is 102 Å². The molecule has 6 rings (SSSR count). The summed E-state index contributed by atoms with van der Waals surface area (Å²) in [5.41, 5.74) is 2.60. The summed E-state index contributed by atoms with van der Waals surface area (Å²) in [6.45, 7) is 0.348. The Morgan fingerprint density at radius 1 is 0.950 bits per heavy atom. The first-order chi connectivity index (χ1) is 19.5. The van der Waals surface area contributed by atoms with E-state index in [0.29, 0.717) is 39.9 Å². The lowest BCUT2D eigenvalue weighted by molar-refractivity contribution is -0.132. The van der Waals surface area contributed by atoms with Gasteiger partial charge in [0.2, 0.25) is 0 Å². The lowest BCUT2D eigenvalue weighted by Crippen LogP contribution is -2.29. The molecule has 0 spiro atoms. The fourth-order valence-corrected chi connectivity index (χ4v) is 5.67. The number of benzene rings is 3. The van der Waals surface area contributed by atoms with Crippen molar-refractivity contribution >= 4 is 44.1 Å². The van der Waals surface area contributed by atoms with Gasteiger partial charge in [0.25, 0.3) is 5.78 Å². The number of ketones is 1. The second-order valence-corrected chi connectivity index (χ2v) is 10.1. The van der Waals surface area contributed by atoms with Crippen LogP contribution in [-0.4, -0.2) is 33.9 Å². The molecule has 9 heteroatoms. The highest BCUT2D eigenvalue weighted by Crippen LogP contribution is 2.45. The number of anilines is 1. The first-order valence-corrected chi connectivity index (χ1v) is 13.3. The second-order valence-electron chi connectivity index (χ2n) is 9.08. The molecule has 3 aromatic carbocycles. The molecule has 1 atom stereocenters. The molecule has 198 valence electrons. The van der Waals surface area contributed by atoms with E-state index in [0.717, 1.165) is 10.3 Å². The van der Waals surface area contributed by atoms with Crippen LogP contribution in [0.4, 0.5) is 5.13 Å². The van der Waals surface area contributed by atoms with E-state index in [1.165, 1.54) is 28.6 Å². The van der Waals surface area contributed by atoms with Gasteiger partial charge in [-0.3, -0.25) is 19.5 Å². The smallest absolute Gasteiger partial charge is 0.301 e. The number of nitrogens with zero attached hydrogens (tertiary/aromatic N) is 3. The third-order valence-corrected chi connectivity index (χ3v) is 7.63. The highest BCUT2D eigenvalue weighted by molar-refractivity contribution is 7.22. The number of hydrogen-bond donors (Lipinski definition) is 1. The summed E-state index contributed by atoms with van der Waals surface area (Å²) < 4.78 is 12.2. The Labute approximate surface area is 233 Å². The number of pyridine rings is 1. The lowest BCUT2D eigenvalue weighted by atomic mass is 9.95. The van der Waals surface area contributed by atoms with E-state index < -0.39 is 17.7 Å². The predicted octanol–water partition coefficient (Wildman–Crippen LogP) is 5.91. The third-order valence-electron chi connectivity index (χ3n) is 6.61. The minimum atomic E-state index is -0.934. The number of thiazole rings is 1. The Balaban J connectivity index is 1.47. The van der Waals surface area contributed by atoms with Gasteiger partial charge in [-0.25, -0.2) is 4.98 Å². The number of rotatable bonds is 7. The van der Waals surface area contributed by atoms with Crippen molar-refractivity contribution in [2.75, 3.05) is 12.0 Å². The van der Waals surface area contributed by atoms with E-state index in [9.17, 15) is 14.7 Å². The van der Waals surface area contributed by atoms with Gasteiger partial charge in [-0.2, -0.15) is 0 Å². The number of fused-ring (bicyclic) bond motifs is 1. The van der Waals surface area contributed by atoms with Crippen molar-refractivity contribution in [2.24, 2.45) is 0 Å². The van der Waals surface area contributed by atoms with E-state index in [2.05, 4.69) is 9.97 Å². The molecule has 0 aliphatic carbocycles. The molecule has 1 amide bonds. The van der Waals surface area contributed by atoms with Crippen molar-refractivity contribution < 1.29 is 24.2 Å². The van der Waals surface area contributed by atoms with Gasteiger partial charge in [-0.05, 0) is 53.6 Å². The molecule has 1 saturated heterocycles. The third kappa shape index (κ3) is 4.67. The second kappa shape index (κ2) is 10.6. The van der Waals surface area contributed by atoms with Crippen LogP contribution in [-0.2, 0) is 16.2 Å². The molecule has 1 unspecified atom stereocenters. The van der Waals surface area contributed by atoms with Crippen molar-refractivity contribution in [3.05, 3.63) is 120 Å². The predicted molar refractivity (Wildman–Crippen MR) is 152 cm³/mol. The monoisotopic (exact) mass is 549 g/mol. The van der Waals surface area contributed by atoms with Gasteiger partial charge in [-0.15, -0.1) is 0 Å². The fraction of sp³-hybridized carbons (Fsp3) is 0.0968. The fourth-order valence-electron chi connectivity index (χ4n) is 4.65. The van der Waals surface area contributed by atoms with Crippen molar-refractivity contribution in [2.45, 2.75) is 12.6 Å². The number of methoxy groups -OCH3 is 1. The maximum atomic E-state index is 13.6. The Bertz CT molecular complexity index is 1750. The SMILES string of the molecule is COc1ccc2nc(N3C(=O)C(=O)/C(=C(/O)c4ccncc4)C3c3cccc(OCc4ccccc4)c3)sc2c1. The van der Waals surface area contributed by atoms with E-state index in [1.807, 2.05) is 42.5 Å². The van der Waals surface area contributed by atoms with Crippen LogP contribution in [0.3, 0.4) is 0 Å². The number of hydrogen-bond acceptors (Lipinski definition) is 8. The molecule has 0 radical (unpaired) electrons. The van der Waals surface area contributed by atoms with E-state index in [4.69, 9.17) is 9.47 Å². The summed E-state index contributed by atoms with van der Waals surface area (Å²) in [5, 5.41) is 11.7. The molecule has 2 aromatic heterocycles. The highest BCUT2D eigenvalue weighted by Gasteiger charge is 2.48. The molecule has 5 aromatic rings. The number of carbonyl (C=O) groups excluding carboxylic acids is 2. The number of aliphatic hydroxyl groups excluding tert-OH is 1. The number of ether oxygens (including phenoxy) is 2. The van der Waals surface area contributed by atoms with E-state index >= 15 is 0 Å².